The second kappa shape index (κ2) is 9.96. The Kier molecular flexibility index (Phi) is 6.65. The first-order valence-electron chi connectivity index (χ1n) is 10.5. The lowest BCUT2D eigenvalue weighted by molar-refractivity contribution is -0.121. The largest absolute Gasteiger partial charge is 0.467 e. The van der Waals surface area contributed by atoms with Crippen molar-refractivity contribution in [3.8, 4) is 17.3 Å². The maximum absolute atomic E-state index is 13.4. The molecule has 164 valence electrons. The Balaban J connectivity index is 1.59. The van der Waals surface area contributed by atoms with Gasteiger partial charge in [0.15, 0.2) is 0 Å². The number of halogens is 1. The lowest BCUT2D eigenvalue weighted by Crippen LogP contribution is -2.22. The standard InChI is InChI=1S/C25H24FN3O3/c1-2-23-22(14-15-24(30)27-17-21-9-6-16-31-21)25(32-20-12-10-18(26)11-13-20)29(28-23)19-7-4-3-5-8-19/h3-13,16H,2,14-15,17H2,1H3,(H,27,30). The SMILES string of the molecule is CCc1nn(-c2ccccc2)c(Oc2ccc(F)cc2)c1CCC(=O)NCc1ccco1. The van der Waals surface area contributed by atoms with E-state index in [-0.39, 0.29) is 18.1 Å². The van der Waals surface area contributed by atoms with E-state index < -0.39 is 0 Å². The van der Waals surface area contributed by atoms with E-state index in [1.165, 1.54) is 12.1 Å². The minimum Gasteiger partial charge on any atom is -0.467 e. The first-order valence-corrected chi connectivity index (χ1v) is 10.5. The van der Waals surface area contributed by atoms with Crippen LogP contribution in [0.1, 0.15) is 30.4 Å². The fourth-order valence-electron chi connectivity index (χ4n) is 3.40. The van der Waals surface area contributed by atoms with Crippen LogP contribution in [0.4, 0.5) is 4.39 Å². The van der Waals surface area contributed by atoms with Gasteiger partial charge in [-0.1, -0.05) is 25.1 Å². The number of furan rings is 1. The number of aryl methyl sites for hydroxylation is 1. The zero-order valence-electron chi connectivity index (χ0n) is 17.8. The number of aromatic nitrogens is 2. The van der Waals surface area contributed by atoms with Crippen molar-refractivity contribution in [3.63, 3.8) is 0 Å². The maximum atomic E-state index is 13.4. The van der Waals surface area contributed by atoms with Crippen molar-refractivity contribution >= 4 is 5.91 Å². The van der Waals surface area contributed by atoms with Gasteiger partial charge in [0.1, 0.15) is 17.3 Å². The number of nitrogens with one attached hydrogen (secondary N) is 1. The van der Waals surface area contributed by atoms with Gasteiger partial charge in [0.2, 0.25) is 11.8 Å². The summed E-state index contributed by atoms with van der Waals surface area (Å²) in [6.07, 6.45) is 2.99. The molecule has 32 heavy (non-hydrogen) atoms. The van der Waals surface area contributed by atoms with Gasteiger partial charge in [-0.2, -0.15) is 5.10 Å². The van der Waals surface area contributed by atoms with Crippen molar-refractivity contribution in [3.05, 3.63) is 95.8 Å². The average molecular weight is 433 g/mol. The number of hydrogen-bond donors (Lipinski definition) is 1. The van der Waals surface area contributed by atoms with Crippen LogP contribution in [0, 0.1) is 5.82 Å². The molecule has 6 nitrogen and oxygen atoms in total. The number of ether oxygens (including phenoxy) is 1. The number of para-hydroxylation sites is 1. The van der Waals surface area contributed by atoms with Crippen LogP contribution < -0.4 is 10.1 Å². The predicted molar refractivity (Wildman–Crippen MR) is 118 cm³/mol. The van der Waals surface area contributed by atoms with Gasteiger partial charge in [-0.3, -0.25) is 4.79 Å². The zero-order chi connectivity index (χ0) is 22.3. The Morgan fingerprint density at radius 1 is 1.09 bits per heavy atom. The highest BCUT2D eigenvalue weighted by atomic mass is 19.1. The summed E-state index contributed by atoms with van der Waals surface area (Å²) >= 11 is 0. The quantitative estimate of drug-likeness (QED) is 0.394. The molecule has 1 N–H and O–H groups in total. The number of carbonyl (C=O) groups excluding carboxylic acids is 1. The molecule has 0 aliphatic heterocycles. The van der Waals surface area contributed by atoms with Gasteiger partial charge in [-0.05, 0) is 61.4 Å². The van der Waals surface area contributed by atoms with Gasteiger partial charge >= 0.3 is 0 Å². The number of amides is 1. The Morgan fingerprint density at radius 2 is 1.88 bits per heavy atom. The Labute approximate surface area is 185 Å². The fourth-order valence-corrected chi connectivity index (χ4v) is 3.40. The smallest absolute Gasteiger partial charge is 0.226 e. The highest BCUT2D eigenvalue weighted by molar-refractivity contribution is 5.76. The van der Waals surface area contributed by atoms with E-state index >= 15 is 0 Å². The molecule has 0 saturated carbocycles. The molecule has 1 amide bonds. The summed E-state index contributed by atoms with van der Waals surface area (Å²) in [5, 5.41) is 7.61. The average Bonchev–Trinajstić information content (AvgIpc) is 3.46. The molecule has 7 heteroatoms. The number of hydrogen-bond acceptors (Lipinski definition) is 4. The predicted octanol–water partition coefficient (Wildman–Crippen LogP) is 5.21. The molecule has 0 fully saturated rings. The van der Waals surface area contributed by atoms with E-state index in [9.17, 15) is 9.18 Å². The summed E-state index contributed by atoms with van der Waals surface area (Å²) in [7, 11) is 0. The minimum absolute atomic E-state index is 0.0938. The summed E-state index contributed by atoms with van der Waals surface area (Å²) in [5.41, 5.74) is 2.55. The number of carbonyl (C=O) groups is 1. The Hall–Kier alpha value is -3.87. The van der Waals surface area contributed by atoms with Crippen LogP contribution in [0.25, 0.3) is 5.69 Å². The first-order chi connectivity index (χ1) is 15.6. The van der Waals surface area contributed by atoms with Crippen molar-refractivity contribution in [2.75, 3.05) is 0 Å². The Bertz CT molecular complexity index is 1150. The highest BCUT2D eigenvalue weighted by Crippen LogP contribution is 2.32. The third-order valence-electron chi connectivity index (χ3n) is 5.03. The molecule has 0 aliphatic rings. The van der Waals surface area contributed by atoms with E-state index in [2.05, 4.69) is 5.32 Å². The van der Waals surface area contributed by atoms with Crippen LogP contribution in [-0.4, -0.2) is 15.7 Å². The Morgan fingerprint density at radius 3 is 2.56 bits per heavy atom. The summed E-state index contributed by atoms with van der Waals surface area (Å²) < 4.78 is 26.5. The molecular formula is C25H24FN3O3. The highest BCUT2D eigenvalue weighted by Gasteiger charge is 2.21. The molecule has 2 heterocycles. The summed E-state index contributed by atoms with van der Waals surface area (Å²) in [6, 6.07) is 19.1. The van der Waals surface area contributed by atoms with E-state index in [4.69, 9.17) is 14.3 Å². The first kappa shape index (κ1) is 21.4. The van der Waals surface area contributed by atoms with Crippen molar-refractivity contribution in [1.29, 1.82) is 0 Å². The van der Waals surface area contributed by atoms with E-state index in [1.807, 2.05) is 43.3 Å². The number of benzene rings is 2. The van der Waals surface area contributed by atoms with E-state index in [1.54, 1.807) is 29.1 Å². The van der Waals surface area contributed by atoms with Gasteiger partial charge in [-0.15, -0.1) is 0 Å². The van der Waals surface area contributed by atoms with Gasteiger partial charge in [0.05, 0.1) is 24.2 Å². The second-order valence-electron chi connectivity index (χ2n) is 7.24. The van der Waals surface area contributed by atoms with Crippen molar-refractivity contribution in [1.82, 2.24) is 15.1 Å². The molecule has 0 unspecified atom stereocenters. The van der Waals surface area contributed by atoms with E-state index in [0.717, 1.165) is 16.9 Å². The normalized spacial score (nSPS) is 10.8. The molecule has 0 radical (unpaired) electrons. The molecule has 0 spiro atoms. The monoisotopic (exact) mass is 433 g/mol. The third kappa shape index (κ3) is 5.06. The lowest BCUT2D eigenvalue weighted by Gasteiger charge is -2.11. The van der Waals surface area contributed by atoms with Crippen molar-refractivity contribution in [2.24, 2.45) is 0 Å². The maximum Gasteiger partial charge on any atom is 0.226 e. The molecule has 0 aliphatic carbocycles. The van der Waals surface area contributed by atoms with E-state index in [0.29, 0.717) is 36.8 Å². The summed E-state index contributed by atoms with van der Waals surface area (Å²) in [6.45, 7) is 2.36. The van der Waals surface area contributed by atoms with Crippen LogP contribution in [0.15, 0.2) is 77.4 Å². The van der Waals surface area contributed by atoms with Gasteiger partial charge in [-0.25, -0.2) is 9.07 Å². The van der Waals surface area contributed by atoms with Gasteiger partial charge in [0, 0.05) is 12.0 Å². The summed E-state index contributed by atoms with van der Waals surface area (Å²) in [4.78, 5) is 12.4. The molecule has 0 saturated heterocycles. The van der Waals surface area contributed by atoms with Gasteiger partial charge in [0.25, 0.3) is 0 Å². The van der Waals surface area contributed by atoms with Crippen LogP contribution in [0.2, 0.25) is 0 Å². The van der Waals surface area contributed by atoms with Crippen LogP contribution in [-0.2, 0) is 24.2 Å². The van der Waals surface area contributed by atoms with Gasteiger partial charge < -0.3 is 14.5 Å². The molecule has 2 aromatic carbocycles. The fraction of sp³-hybridized carbons (Fsp3) is 0.200. The second-order valence-corrected chi connectivity index (χ2v) is 7.24. The topological polar surface area (TPSA) is 69.3 Å². The zero-order valence-corrected chi connectivity index (χ0v) is 17.8. The summed E-state index contributed by atoms with van der Waals surface area (Å²) in [5.74, 6) is 1.29. The van der Waals surface area contributed by atoms with Crippen molar-refractivity contribution < 1.29 is 18.3 Å². The van der Waals surface area contributed by atoms with Crippen LogP contribution in [0.3, 0.4) is 0 Å². The lowest BCUT2D eigenvalue weighted by atomic mass is 10.1. The minimum atomic E-state index is -0.336. The molecular weight excluding hydrogens is 409 g/mol. The van der Waals surface area contributed by atoms with Crippen LogP contribution in [0.5, 0.6) is 11.6 Å². The number of rotatable bonds is 9. The molecule has 4 rings (SSSR count). The molecule has 0 atom stereocenters. The third-order valence-corrected chi connectivity index (χ3v) is 5.03. The van der Waals surface area contributed by atoms with Crippen LogP contribution >= 0.6 is 0 Å². The molecule has 4 aromatic rings. The number of nitrogens with zero attached hydrogens (tertiary/aromatic N) is 2. The van der Waals surface area contributed by atoms with Crippen molar-refractivity contribution in [2.45, 2.75) is 32.7 Å². The molecule has 0 bridgehead atoms. The molecule has 2 aromatic heterocycles.